The Hall–Kier alpha value is -1.96. The average Bonchev–Trinajstić information content (AvgIpc) is 2.43. The molecule has 2 amide bonds. The molecule has 0 heterocycles. The summed E-state index contributed by atoms with van der Waals surface area (Å²) in [6.07, 6.45) is 0. The van der Waals surface area contributed by atoms with E-state index in [-0.39, 0.29) is 22.5 Å². The minimum absolute atomic E-state index is 0.109. The molecule has 0 spiro atoms. The van der Waals surface area contributed by atoms with Gasteiger partial charge in [0.2, 0.25) is 5.91 Å². The summed E-state index contributed by atoms with van der Waals surface area (Å²) < 4.78 is 18.0. The number of benzene rings is 1. The number of carbonyl (C=O) groups is 3. The van der Waals surface area contributed by atoms with E-state index >= 15 is 0 Å². The number of hydrogen-bond donors (Lipinski definition) is 1. The lowest BCUT2D eigenvalue weighted by Crippen LogP contribution is -2.39. The van der Waals surface area contributed by atoms with Crippen LogP contribution in [0.15, 0.2) is 22.7 Å². The van der Waals surface area contributed by atoms with Crippen molar-refractivity contribution in [1.82, 2.24) is 10.2 Å². The smallest absolute Gasteiger partial charge is 0.339 e. The Morgan fingerprint density at radius 3 is 2.62 bits per heavy atom. The minimum atomic E-state index is -0.761. The highest BCUT2D eigenvalue weighted by atomic mass is 79.9. The van der Waals surface area contributed by atoms with E-state index in [9.17, 15) is 18.8 Å². The summed E-state index contributed by atoms with van der Waals surface area (Å²) in [5, 5.41) is 2.37. The highest BCUT2D eigenvalue weighted by molar-refractivity contribution is 9.10. The van der Waals surface area contributed by atoms with Crippen molar-refractivity contribution >= 4 is 33.7 Å². The first kappa shape index (κ1) is 17.1. The number of halogens is 2. The summed E-state index contributed by atoms with van der Waals surface area (Å²) in [5.74, 6) is -2.12. The van der Waals surface area contributed by atoms with E-state index in [0.717, 1.165) is 17.0 Å². The molecule has 0 aliphatic carbocycles. The Labute approximate surface area is 129 Å². The van der Waals surface area contributed by atoms with E-state index in [1.54, 1.807) is 0 Å². The van der Waals surface area contributed by atoms with Crippen LogP contribution in [-0.2, 0) is 14.3 Å². The average molecular weight is 361 g/mol. The lowest BCUT2D eigenvalue weighted by Gasteiger charge is -2.16. The lowest BCUT2D eigenvalue weighted by molar-refractivity contribution is -0.137. The number of nitrogens with one attached hydrogen (secondary N) is 1. The zero-order valence-electron chi connectivity index (χ0n) is 11.5. The summed E-state index contributed by atoms with van der Waals surface area (Å²) in [6, 6.07) is 3.48. The van der Waals surface area contributed by atoms with E-state index in [1.165, 1.54) is 20.2 Å². The molecular formula is C13H14BrFN2O4. The van der Waals surface area contributed by atoms with Gasteiger partial charge in [0.15, 0.2) is 6.61 Å². The predicted molar refractivity (Wildman–Crippen MR) is 76.1 cm³/mol. The Kier molecular flexibility index (Phi) is 6.29. The van der Waals surface area contributed by atoms with Crippen LogP contribution >= 0.6 is 15.9 Å². The minimum Gasteiger partial charge on any atom is -0.452 e. The van der Waals surface area contributed by atoms with Crippen LogP contribution in [0, 0.1) is 5.82 Å². The molecule has 0 radical (unpaired) electrons. The van der Waals surface area contributed by atoms with Crippen LogP contribution < -0.4 is 5.32 Å². The Morgan fingerprint density at radius 1 is 1.38 bits per heavy atom. The van der Waals surface area contributed by atoms with Gasteiger partial charge in [-0.25, -0.2) is 9.18 Å². The second-order valence-electron chi connectivity index (χ2n) is 4.12. The van der Waals surface area contributed by atoms with Crippen LogP contribution in [0.25, 0.3) is 0 Å². The highest BCUT2D eigenvalue weighted by Gasteiger charge is 2.17. The van der Waals surface area contributed by atoms with Crippen molar-refractivity contribution in [2.45, 2.75) is 0 Å². The number of carbonyl (C=O) groups excluding carboxylic acids is 3. The summed E-state index contributed by atoms with van der Waals surface area (Å²) in [5.41, 5.74) is 0.109. The topological polar surface area (TPSA) is 75.7 Å². The van der Waals surface area contributed by atoms with E-state index < -0.39 is 24.3 Å². The maximum atomic E-state index is 12.9. The van der Waals surface area contributed by atoms with Crippen molar-refractivity contribution in [1.29, 1.82) is 0 Å². The maximum Gasteiger partial charge on any atom is 0.339 e. The first-order valence-electron chi connectivity index (χ1n) is 5.92. The quantitative estimate of drug-likeness (QED) is 0.793. The molecular weight excluding hydrogens is 347 g/mol. The molecule has 8 heteroatoms. The molecule has 1 N–H and O–H groups in total. The summed E-state index contributed by atoms with van der Waals surface area (Å²) >= 11 is 3.04. The van der Waals surface area contributed by atoms with Gasteiger partial charge in [-0.2, -0.15) is 0 Å². The molecule has 0 unspecified atom stereocenters. The number of esters is 1. The van der Waals surface area contributed by atoms with Gasteiger partial charge >= 0.3 is 5.97 Å². The summed E-state index contributed by atoms with van der Waals surface area (Å²) in [4.78, 5) is 35.7. The van der Waals surface area contributed by atoms with Crippen molar-refractivity contribution < 1.29 is 23.5 Å². The van der Waals surface area contributed by atoms with Gasteiger partial charge in [-0.3, -0.25) is 9.59 Å². The van der Waals surface area contributed by atoms with Gasteiger partial charge in [0.05, 0.1) is 12.1 Å². The van der Waals surface area contributed by atoms with Gasteiger partial charge < -0.3 is 15.0 Å². The monoisotopic (exact) mass is 360 g/mol. The number of amides is 2. The zero-order chi connectivity index (χ0) is 16.0. The van der Waals surface area contributed by atoms with Crippen LogP contribution in [0.2, 0.25) is 0 Å². The lowest BCUT2D eigenvalue weighted by atomic mass is 10.2. The number of ether oxygens (including phenoxy) is 1. The normalized spacial score (nSPS) is 9.90. The first-order valence-corrected chi connectivity index (χ1v) is 6.71. The Morgan fingerprint density at radius 2 is 2.05 bits per heavy atom. The molecule has 114 valence electrons. The fourth-order valence-corrected chi connectivity index (χ4v) is 1.87. The van der Waals surface area contributed by atoms with Crippen molar-refractivity contribution in [3.05, 3.63) is 34.1 Å². The standard InChI is InChI=1S/C13H14BrFN2O4/c1-16-11(18)6-17(2)12(19)7-21-13(20)9-4-3-8(15)5-10(9)14/h3-5H,6-7H2,1-2H3,(H,16,18). The SMILES string of the molecule is CNC(=O)CN(C)C(=O)COC(=O)c1ccc(F)cc1Br. The van der Waals surface area contributed by atoms with Crippen LogP contribution in [-0.4, -0.2) is 49.9 Å². The van der Waals surface area contributed by atoms with Crippen LogP contribution in [0.4, 0.5) is 4.39 Å². The third-order valence-corrected chi connectivity index (χ3v) is 3.22. The second-order valence-corrected chi connectivity index (χ2v) is 4.98. The molecule has 0 aliphatic rings. The molecule has 1 aromatic carbocycles. The van der Waals surface area contributed by atoms with Crippen molar-refractivity contribution in [3.63, 3.8) is 0 Å². The van der Waals surface area contributed by atoms with Gasteiger partial charge in [0, 0.05) is 18.6 Å². The largest absolute Gasteiger partial charge is 0.452 e. The zero-order valence-corrected chi connectivity index (χ0v) is 13.1. The van der Waals surface area contributed by atoms with E-state index in [0.29, 0.717) is 0 Å². The van der Waals surface area contributed by atoms with Crippen molar-refractivity contribution in [3.8, 4) is 0 Å². The van der Waals surface area contributed by atoms with Crippen LogP contribution in [0.1, 0.15) is 10.4 Å². The molecule has 0 fully saturated rings. The predicted octanol–water partition coefficient (Wildman–Crippen LogP) is 0.949. The van der Waals surface area contributed by atoms with Crippen molar-refractivity contribution in [2.24, 2.45) is 0 Å². The Bertz CT molecular complexity index is 565. The Balaban J connectivity index is 2.56. The second kappa shape index (κ2) is 7.72. The molecule has 0 saturated carbocycles. The van der Waals surface area contributed by atoms with E-state index in [2.05, 4.69) is 21.2 Å². The van der Waals surface area contributed by atoms with Crippen LogP contribution in [0.3, 0.4) is 0 Å². The number of nitrogens with zero attached hydrogens (tertiary/aromatic N) is 1. The third kappa shape index (κ3) is 5.14. The summed E-state index contributed by atoms with van der Waals surface area (Å²) in [6.45, 7) is -0.636. The maximum absolute atomic E-state index is 12.9. The summed E-state index contributed by atoms with van der Waals surface area (Å²) in [7, 11) is 2.87. The molecule has 0 aromatic heterocycles. The molecule has 0 bridgehead atoms. The van der Waals surface area contributed by atoms with E-state index in [1.807, 2.05) is 0 Å². The number of hydrogen-bond acceptors (Lipinski definition) is 4. The van der Waals surface area contributed by atoms with Gasteiger partial charge in [-0.05, 0) is 34.1 Å². The van der Waals surface area contributed by atoms with Crippen LogP contribution in [0.5, 0.6) is 0 Å². The highest BCUT2D eigenvalue weighted by Crippen LogP contribution is 2.18. The van der Waals surface area contributed by atoms with Gasteiger partial charge in [0.25, 0.3) is 5.91 Å². The molecule has 1 aromatic rings. The number of likely N-dealkylation sites (N-methyl/N-ethyl adjacent to an activating group) is 2. The number of rotatable bonds is 5. The van der Waals surface area contributed by atoms with E-state index in [4.69, 9.17) is 4.74 Å². The molecule has 0 atom stereocenters. The molecule has 6 nitrogen and oxygen atoms in total. The molecule has 1 rings (SSSR count). The van der Waals surface area contributed by atoms with Gasteiger partial charge in [-0.1, -0.05) is 0 Å². The molecule has 0 aliphatic heterocycles. The van der Waals surface area contributed by atoms with Gasteiger partial charge in [0.1, 0.15) is 5.82 Å². The fraction of sp³-hybridized carbons (Fsp3) is 0.308. The van der Waals surface area contributed by atoms with Gasteiger partial charge in [-0.15, -0.1) is 0 Å². The fourth-order valence-electron chi connectivity index (χ4n) is 1.35. The molecule has 21 heavy (non-hydrogen) atoms. The third-order valence-electron chi connectivity index (χ3n) is 2.56. The van der Waals surface area contributed by atoms with Crippen molar-refractivity contribution in [2.75, 3.05) is 27.2 Å². The molecule has 0 saturated heterocycles. The first-order chi connectivity index (χ1) is 9.85.